The van der Waals surface area contributed by atoms with Crippen molar-refractivity contribution < 1.29 is 9.66 Å². The van der Waals surface area contributed by atoms with Gasteiger partial charge in [0.25, 0.3) is 0 Å². The molecule has 0 amide bonds. The van der Waals surface area contributed by atoms with Crippen molar-refractivity contribution in [3.63, 3.8) is 0 Å². The van der Waals surface area contributed by atoms with Crippen LogP contribution in [0.2, 0.25) is 0 Å². The van der Waals surface area contributed by atoms with E-state index in [1.54, 1.807) is 0 Å². The first-order valence-corrected chi connectivity index (χ1v) is 7.45. The minimum atomic E-state index is -0.617. The van der Waals surface area contributed by atoms with Gasteiger partial charge in [-0.3, -0.25) is 10.1 Å². The van der Waals surface area contributed by atoms with Crippen molar-refractivity contribution in [1.82, 2.24) is 9.97 Å². The van der Waals surface area contributed by atoms with E-state index in [0.717, 1.165) is 23.1 Å². The van der Waals surface area contributed by atoms with Crippen molar-refractivity contribution in [1.29, 1.82) is 0 Å². The number of benzene rings is 1. The Morgan fingerprint density at radius 1 is 1.38 bits per heavy atom. The number of hydrogen-bond acceptors (Lipinski definition) is 7. The van der Waals surface area contributed by atoms with E-state index in [4.69, 9.17) is 10.5 Å². The largest absolute Gasteiger partial charge is 0.488 e. The average molecular weight is 331 g/mol. The summed E-state index contributed by atoms with van der Waals surface area (Å²) in [5, 5.41) is 13.7. The number of nitro groups is 1. The number of anilines is 2. The summed E-state index contributed by atoms with van der Waals surface area (Å²) in [4.78, 5) is 17.9. The molecular weight excluding hydrogens is 310 g/mol. The minimum absolute atomic E-state index is 0.174. The quantitative estimate of drug-likeness (QED) is 0.638. The normalized spacial score (nSPS) is 11.2. The lowest BCUT2D eigenvalue weighted by molar-refractivity contribution is -0.384. The van der Waals surface area contributed by atoms with E-state index in [9.17, 15) is 10.1 Å². The number of nitrogens with two attached hydrogens (primary N) is 1. The minimum Gasteiger partial charge on any atom is -0.488 e. The Kier molecular flexibility index (Phi) is 4.87. The molecule has 0 saturated carbocycles. The van der Waals surface area contributed by atoms with Gasteiger partial charge in [-0.1, -0.05) is 12.1 Å². The number of ether oxygens (including phenoxy) is 1. The third kappa shape index (κ3) is 4.55. The van der Waals surface area contributed by atoms with Crippen LogP contribution in [-0.4, -0.2) is 20.5 Å². The standard InChI is InChI=1S/C16H21N5O3/c1-10-5-6-11(13(7-10)24-16(2,3)4)8-18-15-19-9-12(21(22)23)14(17)20-15/h5-7,9H,8H2,1-4H3,(H3,17,18,19,20). The second-order valence-electron chi connectivity index (χ2n) is 6.40. The summed E-state index contributed by atoms with van der Waals surface area (Å²) in [6.45, 7) is 8.34. The lowest BCUT2D eigenvalue weighted by Gasteiger charge is -2.23. The van der Waals surface area contributed by atoms with E-state index in [1.165, 1.54) is 0 Å². The Labute approximate surface area is 140 Å². The number of hydrogen-bond donors (Lipinski definition) is 2. The van der Waals surface area contributed by atoms with Crippen molar-refractivity contribution in [2.24, 2.45) is 0 Å². The maximum absolute atomic E-state index is 10.7. The summed E-state index contributed by atoms with van der Waals surface area (Å²) >= 11 is 0. The summed E-state index contributed by atoms with van der Waals surface area (Å²) < 4.78 is 5.98. The van der Waals surface area contributed by atoms with Gasteiger partial charge in [-0.05, 0) is 39.3 Å². The van der Waals surface area contributed by atoms with E-state index in [1.807, 2.05) is 45.9 Å². The fraction of sp³-hybridized carbons (Fsp3) is 0.375. The molecule has 0 aliphatic carbocycles. The molecule has 2 rings (SSSR count). The van der Waals surface area contributed by atoms with Crippen LogP contribution in [0.1, 0.15) is 31.9 Å². The highest BCUT2D eigenvalue weighted by molar-refractivity contribution is 5.53. The van der Waals surface area contributed by atoms with Crippen molar-refractivity contribution in [2.45, 2.75) is 39.8 Å². The van der Waals surface area contributed by atoms with Gasteiger partial charge >= 0.3 is 5.69 Å². The smallest absolute Gasteiger partial charge is 0.329 e. The Balaban J connectivity index is 2.17. The maximum atomic E-state index is 10.7. The second-order valence-corrected chi connectivity index (χ2v) is 6.40. The van der Waals surface area contributed by atoms with E-state index in [-0.39, 0.29) is 23.1 Å². The molecule has 0 fully saturated rings. The molecule has 24 heavy (non-hydrogen) atoms. The molecule has 0 aliphatic rings. The highest BCUT2D eigenvalue weighted by Crippen LogP contribution is 2.26. The van der Waals surface area contributed by atoms with Crippen LogP contribution in [0.3, 0.4) is 0 Å². The molecule has 1 aromatic heterocycles. The van der Waals surface area contributed by atoms with Gasteiger partial charge in [0, 0.05) is 12.1 Å². The van der Waals surface area contributed by atoms with Crippen LogP contribution >= 0.6 is 0 Å². The fourth-order valence-electron chi connectivity index (χ4n) is 2.02. The molecule has 128 valence electrons. The number of nitrogens with one attached hydrogen (secondary N) is 1. The summed E-state index contributed by atoms with van der Waals surface area (Å²) in [5.41, 5.74) is 6.95. The number of aryl methyl sites for hydroxylation is 1. The third-order valence-corrected chi connectivity index (χ3v) is 3.07. The molecular formula is C16H21N5O3. The highest BCUT2D eigenvalue weighted by Gasteiger charge is 2.16. The van der Waals surface area contributed by atoms with Crippen LogP contribution in [0, 0.1) is 17.0 Å². The van der Waals surface area contributed by atoms with Gasteiger partial charge < -0.3 is 15.8 Å². The lowest BCUT2D eigenvalue weighted by Crippen LogP contribution is -2.24. The molecule has 2 aromatic rings. The molecule has 0 bridgehead atoms. The van der Waals surface area contributed by atoms with Crippen LogP contribution in [0.15, 0.2) is 24.4 Å². The maximum Gasteiger partial charge on any atom is 0.329 e. The summed E-state index contributed by atoms with van der Waals surface area (Å²) in [6.07, 6.45) is 1.09. The van der Waals surface area contributed by atoms with Gasteiger partial charge in [-0.2, -0.15) is 4.98 Å². The van der Waals surface area contributed by atoms with Crippen molar-refractivity contribution in [3.05, 3.63) is 45.6 Å². The predicted octanol–water partition coefficient (Wildman–Crippen LogP) is 3.06. The topological polar surface area (TPSA) is 116 Å². The van der Waals surface area contributed by atoms with Crippen LogP contribution in [0.25, 0.3) is 0 Å². The summed E-state index contributed by atoms with van der Waals surface area (Å²) in [6, 6.07) is 5.91. The molecule has 8 nitrogen and oxygen atoms in total. The zero-order chi connectivity index (χ0) is 17.9. The van der Waals surface area contributed by atoms with Gasteiger partial charge in [0.1, 0.15) is 17.5 Å². The Morgan fingerprint density at radius 2 is 2.08 bits per heavy atom. The SMILES string of the molecule is Cc1ccc(CNc2ncc([N+](=O)[O-])c(N)n2)c(OC(C)(C)C)c1. The van der Waals surface area contributed by atoms with E-state index in [0.29, 0.717) is 6.54 Å². The van der Waals surface area contributed by atoms with E-state index < -0.39 is 4.92 Å². The zero-order valence-electron chi connectivity index (χ0n) is 14.2. The fourth-order valence-corrected chi connectivity index (χ4v) is 2.02. The molecule has 1 heterocycles. The van der Waals surface area contributed by atoms with Crippen LogP contribution in [-0.2, 0) is 6.54 Å². The van der Waals surface area contributed by atoms with Crippen molar-refractivity contribution in [2.75, 3.05) is 11.1 Å². The highest BCUT2D eigenvalue weighted by atomic mass is 16.6. The molecule has 0 aliphatic heterocycles. The van der Waals surface area contributed by atoms with Gasteiger partial charge in [0.2, 0.25) is 11.8 Å². The molecule has 0 spiro atoms. The molecule has 8 heteroatoms. The van der Waals surface area contributed by atoms with Gasteiger partial charge in [-0.15, -0.1) is 0 Å². The number of aromatic nitrogens is 2. The summed E-state index contributed by atoms with van der Waals surface area (Å²) in [5.74, 6) is 0.817. The van der Waals surface area contributed by atoms with Gasteiger partial charge in [0.15, 0.2) is 0 Å². The van der Waals surface area contributed by atoms with E-state index in [2.05, 4.69) is 15.3 Å². The average Bonchev–Trinajstić information content (AvgIpc) is 2.44. The van der Waals surface area contributed by atoms with Crippen LogP contribution in [0.5, 0.6) is 5.75 Å². The Hall–Kier alpha value is -2.90. The Bertz CT molecular complexity index is 756. The van der Waals surface area contributed by atoms with Crippen molar-refractivity contribution in [3.8, 4) is 5.75 Å². The van der Waals surface area contributed by atoms with Crippen LogP contribution < -0.4 is 15.8 Å². The Morgan fingerprint density at radius 3 is 2.67 bits per heavy atom. The van der Waals surface area contributed by atoms with Gasteiger partial charge in [0.05, 0.1) is 4.92 Å². The molecule has 0 unspecified atom stereocenters. The zero-order valence-corrected chi connectivity index (χ0v) is 14.2. The van der Waals surface area contributed by atoms with Crippen LogP contribution in [0.4, 0.5) is 17.5 Å². The first-order chi connectivity index (χ1) is 11.2. The summed E-state index contributed by atoms with van der Waals surface area (Å²) in [7, 11) is 0. The molecule has 3 N–H and O–H groups in total. The second kappa shape index (κ2) is 6.69. The van der Waals surface area contributed by atoms with Crippen molar-refractivity contribution >= 4 is 17.5 Å². The third-order valence-electron chi connectivity index (χ3n) is 3.07. The molecule has 0 saturated heterocycles. The molecule has 0 radical (unpaired) electrons. The number of nitrogen functional groups attached to an aromatic ring is 1. The first-order valence-electron chi connectivity index (χ1n) is 7.45. The monoisotopic (exact) mass is 331 g/mol. The lowest BCUT2D eigenvalue weighted by atomic mass is 10.1. The predicted molar refractivity (Wildman–Crippen MR) is 92.0 cm³/mol. The first kappa shape index (κ1) is 17.5. The number of nitrogens with zero attached hydrogens (tertiary/aromatic N) is 3. The van der Waals surface area contributed by atoms with Gasteiger partial charge in [-0.25, -0.2) is 4.98 Å². The molecule has 0 atom stereocenters. The van der Waals surface area contributed by atoms with E-state index >= 15 is 0 Å². The molecule has 1 aromatic carbocycles. The number of rotatable bonds is 5.